The van der Waals surface area contributed by atoms with Crippen molar-refractivity contribution in [2.75, 3.05) is 33.4 Å². The van der Waals surface area contributed by atoms with E-state index in [0.29, 0.717) is 28.6 Å². The van der Waals surface area contributed by atoms with E-state index in [1.54, 1.807) is 31.2 Å². The number of nitrogens with zero attached hydrogens (tertiary/aromatic N) is 4. The largest absolute Gasteiger partial charge is 0.464 e. The summed E-state index contributed by atoms with van der Waals surface area (Å²) < 4.78 is 39.1. The molecule has 2 aromatic heterocycles. The molecule has 1 fully saturated rings. The number of amides is 2. The number of aromatic nitrogens is 1. The minimum Gasteiger partial charge on any atom is -0.464 e. The number of hydrogen-bond acceptors (Lipinski definition) is 11. The molecule has 2 aliphatic heterocycles. The zero-order valence-electron chi connectivity index (χ0n) is 23.2. The van der Waals surface area contributed by atoms with Crippen molar-refractivity contribution in [2.45, 2.75) is 43.1 Å². The molecule has 2 amide bonds. The molecule has 1 aromatic carbocycles. The zero-order chi connectivity index (χ0) is 30.2. The molecule has 0 spiro atoms. The lowest BCUT2D eigenvalue weighted by molar-refractivity contribution is -0.149. The molecule has 16 heteroatoms. The van der Waals surface area contributed by atoms with Gasteiger partial charge < -0.3 is 25.4 Å². The summed E-state index contributed by atoms with van der Waals surface area (Å²) in [5.74, 6) is -1.16. The average Bonchev–Trinajstić information content (AvgIpc) is 3.60. The van der Waals surface area contributed by atoms with E-state index in [1.165, 1.54) is 27.7 Å². The number of rotatable bonds is 6. The van der Waals surface area contributed by atoms with Crippen molar-refractivity contribution in [3.8, 4) is 0 Å². The molecule has 42 heavy (non-hydrogen) atoms. The highest BCUT2D eigenvalue weighted by Crippen LogP contribution is 2.33. The van der Waals surface area contributed by atoms with Crippen molar-refractivity contribution < 1.29 is 32.3 Å². The van der Waals surface area contributed by atoms with Gasteiger partial charge in [0.15, 0.2) is 5.01 Å². The lowest BCUT2D eigenvalue weighted by Gasteiger charge is -2.38. The van der Waals surface area contributed by atoms with Crippen molar-refractivity contribution in [3.05, 3.63) is 45.4 Å². The van der Waals surface area contributed by atoms with Crippen LogP contribution < -0.4 is 11.1 Å². The number of aliphatic imine (C=N–C) groups is 1. The molecule has 2 unspecified atom stereocenters. The number of amidine groups is 1. The number of thiazole rings is 1. The predicted octanol–water partition coefficient (Wildman–Crippen LogP) is 1.94. The smallest absolute Gasteiger partial charge is 0.435 e. The number of sulfonamides is 1. The second kappa shape index (κ2) is 12.0. The first-order valence-electron chi connectivity index (χ1n) is 13.2. The Labute approximate surface area is 250 Å². The first-order valence-corrected chi connectivity index (χ1v) is 16.2. The van der Waals surface area contributed by atoms with Gasteiger partial charge in [-0.3, -0.25) is 4.79 Å². The Bertz CT molecular complexity index is 1680. The van der Waals surface area contributed by atoms with E-state index >= 15 is 0 Å². The summed E-state index contributed by atoms with van der Waals surface area (Å²) in [5.41, 5.74) is 7.20. The van der Waals surface area contributed by atoms with Crippen LogP contribution in [0.5, 0.6) is 0 Å². The maximum atomic E-state index is 13.7. The van der Waals surface area contributed by atoms with Gasteiger partial charge in [-0.1, -0.05) is 12.1 Å². The number of thiophene rings is 1. The van der Waals surface area contributed by atoms with Crippen molar-refractivity contribution in [1.82, 2.24) is 19.5 Å². The van der Waals surface area contributed by atoms with Crippen LogP contribution in [0.4, 0.5) is 4.79 Å². The number of piperazine rings is 1. The predicted molar refractivity (Wildman–Crippen MR) is 157 cm³/mol. The quantitative estimate of drug-likeness (QED) is 0.232. The summed E-state index contributed by atoms with van der Waals surface area (Å²) in [5, 5.41) is 4.28. The molecule has 4 heterocycles. The number of benzene rings is 1. The van der Waals surface area contributed by atoms with Crippen LogP contribution in [-0.2, 0) is 37.3 Å². The minimum atomic E-state index is -4.03. The molecule has 0 bridgehead atoms. The normalized spacial score (nSPS) is 19.9. The van der Waals surface area contributed by atoms with E-state index in [9.17, 15) is 22.8 Å². The number of esters is 1. The van der Waals surface area contributed by atoms with E-state index in [-0.39, 0.29) is 47.3 Å². The maximum absolute atomic E-state index is 13.7. The van der Waals surface area contributed by atoms with Crippen LogP contribution in [0.3, 0.4) is 0 Å². The lowest BCUT2D eigenvalue weighted by atomic mass is 10.1. The summed E-state index contributed by atoms with van der Waals surface area (Å²) in [6.45, 7) is 4.14. The van der Waals surface area contributed by atoms with Gasteiger partial charge >= 0.3 is 12.1 Å². The molecule has 0 aliphatic carbocycles. The monoisotopic (exact) mass is 634 g/mol. The number of fused-ring (bicyclic) bond motifs is 2. The fourth-order valence-corrected chi connectivity index (χ4v) is 8.84. The van der Waals surface area contributed by atoms with Gasteiger partial charge in [-0.2, -0.15) is 9.30 Å². The fraction of sp³-hybridized carbons (Fsp3) is 0.423. The minimum absolute atomic E-state index is 0.00396. The van der Waals surface area contributed by atoms with E-state index in [4.69, 9.17) is 10.5 Å². The van der Waals surface area contributed by atoms with Gasteiger partial charge in [0.1, 0.15) is 16.1 Å². The molecule has 2 aliphatic rings. The van der Waals surface area contributed by atoms with Gasteiger partial charge in [0.25, 0.3) is 15.9 Å². The van der Waals surface area contributed by atoms with Crippen molar-refractivity contribution in [3.63, 3.8) is 0 Å². The van der Waals surface area contributed by atoms with Crippen LogP contribution in [0.15, 0.2) is 33.5 Å². The fourth-order valence-electron chi connectivity index (χ4n) is 4.81. The maximum Gasteiger partial charge on any atom is 0.435 e. The van der Waals surface area contributed by atoms with E-state index in [1.807, 2.05) is 6.92 Å². The third kappa shape index (κ3) is 5.89. The van der Waals surface area contributed by atoms with Gasteiger partial charge in [0, 0.05) is 53.8 Å². The topological polar surface area (TPSA) is 174 Å². The standard InChI is InChI=1S/C26H30N6O7S3/c1-4-39-25(34)18-13-31(7-8-32(18)24(33)23-29-17-9-14(2)28-12-20(17)41-23)42(36,37)21-11-15-5-6-16(10-19(15)40-21)22(27)30-26(35)38-3/h5-6,10-11,14,18,28H,4,7-9,12-13H2,1-3H3,(H2,27,30,35). The Morgan fingerprint density at radius 3 is 2.74 bits per heavy atom. The summed E-state index contributed by atoms with van der Waals surface area (Å²) in [7, 11) is -2.85. The second-order valence-corrected chi connectivity index (χ2v) is 14.1. The molecule has 224 valence electrons. The van der Waals surface area contributed by atoms with Gasteiger partial charge in [-0.05, 0) is 31.4 Å². The van der Waals surface area contributed by atoms with Crippen LogP contribution >= 0.6 is 22.7 Å². The summed E-state index contributed by atoms with van der Waals surface area (Å²) >= 11 is 2.32. The Kier molecular flexibility index (Phi) is 8.61. The Morgan fingerprint density at radius 2 is 2.00 bits per heavy atom. The molecule has 13 nitrogen and oxygen atoms in total. The highest BCUT2D eigenvalue weighted by atomic mass is 32.2. The van der Waals surface area contributed by atoms with Crippen LogP contribution in [0.1, 0.15) is 39.8 Å². The number of methoxy groups -OCH3 is 1. The van der Waals surface area contributed by atoms with Crippen molar-refractivity contribution >= 4 is 66.6 Å². The second-order valence-electron chi connectivity index (χ2n) is 9.79. The molecule has 3 aromatic rings. The third-order valence-electron chi connectivity index (χ3n) is 7.01. The molecule has 2 atom stereocenters. The first kappa shape index (κ1) is 30.0. The number of carbonyl (C=O) groups is 3. The van der Waals surface area contributed by atoms with E-state index in [2.05, 4.69) is 20.0 Å². The number of hydrogen-bond donors (Lipinski definition) is 2. The van der Waals surface area contributed by atoms with Crippen LogP contribution in [-0.4, -0.2) is 91.8 Å². The van der Waals surface area contributed by atoms with Gasteiger partial charge in [0.05, 0.1) is 19.4 Å². The number of ether oxygens (including phenoxy) is 2. The van der Waals surface area contributed by atoms with E-state index in [0.717, 1.165) is 21.9 Å². The van der Waals surface area contributed by atoms with E-state index < -0.39 is 34.0 Å². The summed E-state index contributed by atoms with van der Waals surface area (Å²) in [6.07, 6.45) is -0.148. The van der Waals surface area contributed by atoms with Crippen LogP contribution in [0.2, 0.25) is 0 Å². The SMILES string of the molecule is CCOC(=O)C1CN(S(=O)(=O)c2cc3ccc(C(N)=NC(=O)OC)cc3s2)CCN1C(=O)c1nc2c(s1)CNC(C)C2. The van der Waals surface area contributed by atoms with Gasteiger partial charge in [-0.25, -0.2) is 23.0 Å². The van der Waals surface area contributed by atoms with Crippen molar-refractivity contribution in [1.29, 1.82) is 0 Å². The molecule has 3 N–H and O–H groups in total. The first-order chi connectivity index (χ1) is 20.0. The number of nitrogens with one attached hydrogen (secondary N) is 1. The Balaban J connectivity index is 1.39. The molecule has 0 saturated carbocycles. The van der Waals surface area contributed by atoms with Crippen molar-refractivity contribution in [2.24, 2.45) is 10.7 Å². The van der Waals surface area contributed by atoms with Gasteiger partial charge in [-0.15, -0.1) is 22.7 Å². The molecular formula is C26H30N6O7S3. The van der Waals surface area contributed by atoms with Gasteiger partial charge in [0.2, 0.25) is 0 Å². The summed E-state index contributed by atoms with van der Waals surface area (Å²) in [6, 6.07) is 5.61. The summed E-state index contributed by atoms with van der Waals surface area (Å²) in [4.78, 5) is 48.6. The highest BCUT2D eigenvalue weighted by molar-refractivity contribution is 7.91. The number of carbonyl (C=O) groups excluding carboxylic acids is 3. The molecule has 5 rings (SSSR count). The number of nitrogens with two attached hydrogens (primary N) is 1. The Hall–Kier alpha value is -3.44. The highest BCUT2D eigenvalue weighted by Gasteiger charge is 2.42. The third-order valence-corrected chi connectivity index (χ3v) is 11.5. The van der Waals surface area contributed by atoms with Crippen LogP contribution in [0.25, 0.3) is 10.1 Å². The average molecular weight is 635 g/mol. The lowest BCUT2D eigenvalue weighted by Crippen LogP contribution is -2.59. The molecule has 1 saturated heterocycles. The zero-order valence-corrected chi connectivity index (χ0v) is 25.6. The Morgan fingerprint density at radius 1 is 1.21 bits per heavy atom. The van der Waals surface area contributed by atoms with Crippen LogP contribution in [0, 0.1) is 0 Å². The molecular weight excluding hydrogens is 605 g/mol. The molecule has 0 radical (unpaired) electrons.